The average Bonchev–Trinajstić information content (AvgIpc) is 2.96. The molecule has 1 saturated carbocycles. The monoisotopic (exact) mass is 329 g/mol. The molecule has 0 amide bonds. The second-order valence-electron chi connectivity index (χ2n) is 6.49. The molecule has 0 radical (unpaired) electrons. The van der Waals surface area contributed by atoms with Crippen LogP contribution in [0.1, 0.15) is 38.5 Å². The van der Waals surface area contributed by atoms with E-state index < -0.39 is 15.6 Å². The molecular formula is C16H21F2NO2S. The van der Waals surface area contributed by atoms with Gasteiger partial charge in [-0.2, -0.15) is 8.78 Å². The molecule has 1 spiro atoms. The lowest BCUT2D eigenvalue weighted by molar-refractivity contribution is 0.226. The maximum Gasteiger partial charge on any atom is 0.341 e. The van der Waals surface area contributed by atoms with Gasteiger partial charge in [0, 0.05) is 18.8 Å². The van der Waals surface area contributed by atoms with Crippen molar-refractivity contribution in [2.45, 2.75) is 49.2 Å². The highest BCUT2D eigenvalue weighted by Crippen LogP contribution is 2.46. The first kappa shape index (κ1) is 15.7. The minimum Gasteiger partial charge on any atom is -0.371 e. The molecule has 1 heterocycles. The summed E-state index contributed by atoms with van der Waals surface area (Å²) in [6.45, 7) is 1.92. The van der Waals surface area contributed by atoms with E-state index in [0.29, 0.717) is 5.41 Å². The zero-order chi connectivity index (χ0) is 15.8. The van der Waals surface area contributed by atoms with Gasteiger partial charge in [-0.1, -0.05) is 12.8 Å². The van der Waals surface area contributed by atoms with E-state index in [0.717, 1.165) is 18.8 Å². The smallest absolute Gasteiger partial charge is 0.341 e. The van der Waals surface area contributed by atoms with Crippen molar-refractivity contribution in [3.63, 3.8) is 0 Å². The first-order valence-corrected chi connectivity index (χ1v) is 9.35. The third kappa shape index (κ3) is 2.85. The van der Waals surface area contributed by atoms with Crippen LogP contribution in [0.4, 0.5) is 14.5 Å². The van der Waals surface area contributed by atoms with Crippen molar-refractivity contribution >= 4 is 15.5 Å². The van der Waals surface area contributed by atoms with E-state index in [9.17, 15) is 17.2 Å². The number of alkyl halides is 2. The summed E-state index contributed by atoms with van der Waals surface area (Å²) in [6, 6.07) is 5.86. The van der Waals surface area contributed by atoms with Gasteiger partial charge in [-0.15, -0.1) is 0 Å². The lowest BCUT2D eigenvalue weighted by atomic mass is 9.77. The molecule has 1 saturated heterocycles. The maximum absolute atomic E-state index is 12.5. The molecule has 3 nitrogen and oxygen atoms in total. The average molecular weight is 329 g/mol. The molecule has 0 unspecified atom stereocenters. The van der Waals surface area contributed by atoms with Crippen molar-refractivity contribution in [3.8, 4) is 0 Å². The van der Waals surface area contributed by atoms with E-state index in [-0.39, 0.29) is 4.90 Å². The van der Waals surface area contributed by atoms with Gasteiger partial charge >= 0.3 is 5.76 Å². The van der Waals surface area contributed by atoms with Gasteiger partial charge in [0.1, 0.15) is 0 Å². The van der Waals surface area contributed by atoms with E-state index in [1.165, 1.54) is 50.7 Å². The lowest BCUT2D eigenvalue weighted by Crippen LogP contribution is -2.38. The molecule has 0 N–H and O–H groups in total. The van der Waals surface area contributed by atoms with E-state index in [2.05, 4.69) is 4.90 Å². The molecule has 0 atom stereocenters. The molecule has 1 aromatic rings. The Labute approximate surface area is 130 Å². The summed E-state index contributed by atoms with van der Waals surface area (Å²) in [4.78, 5) is 1.91. The normalized spacial score (nSPS) is 21.7. The van der Waals surface area contributed by atoms with Crippen molar-refractivity contribution in [2.24, 2.45) is 5.41 Å². The Kier molecular flexibility index (Phi) is 4.14. The van der Waals surface area contributed by atoms with Crippen LogP contribution in [0.15, 0.2) is 29.2 Å². The number of anilines is 1. The zero-order valence-electron chi connectivity index (χ0n) is 12.5. The summed E-state index contributed by atoms with van der Waals surface area (Å²) in [6.07, 6.45) is 7.66. The molecule has 1 aliphatic carbocycles. The SMILES string of the molecule is O=S(=O)(c1ccc(N2CCC3(CCCC3)CC2)cc1)C(F)F. The van der Waals surface area contributed by atoms with Crippen LogP contribution in [0.25, 0.3) is 0 Å². The quantitative estimate of drug-likeness (QED) is 0.845. The van der Waals surface area contributed by atoms with Gasteiger partial charge in [-0.25, -0.2) is 8.42 Å². The van der Waals surface area contributed by atoms with Crippen LogP contribution in [0.5, 0.6) is 0 Å². The van der Waals surface area contributed by atoms with Crippen LogP contribution in [0.3, 0.4) is 0 Å². The first-order valence-electron chi connectivity index (χ1n) is 7.80. The fourth-order valence-corrected chi connectivity index (χ4v) is 4.53. The Morgan fingerprint density at radius 2 is 1.50 bits per heavy atom. The van der Waals surface area contributed by atoms with Gasteiger partial charge in [0.05, 0.1) is 4.90 Å². The van der Waals surface area contributed by atoms with Crippen LogP contribution >= 0.6 is 0 Å². The standard InChI is InChI=1S/C16H21F2NO2S/c17-15(18)22(20,21)14-5-3-13(4-6-14)19-11-9-16(10-12-19)7-1-2-8-16/h3-6,15H,1-2,7-12H2. The fourth-order valence-electron chi connectivity index (χ4n) is 3.81. The summed E-state index contributed by atoms with van der Waals surface area (Å²) in [5, 5.41) is 0. The van der Waals surface area contributed by atoms with E-state index >= 15 is 0 Å². The number of piperidine rings is 1. The summed E-state index contributed by atoms with van der Waals surface area (Å²) in [7, 11) is -4.49. The van der Waals surface area contributed by atoms with Gasteiger partial charge in [0.25, 0.3) is 0 Å². The van der Waals surface area contributed by atoms with E-state index in [1.807, 2.05) is 0 Å². The highest BCUT2D eigenvalue weighted by atomic mass is 32.2. The Hall–Kier alpha value is -1.17. The molecule has 2 aliphatic rings. The minimum atomic E-state index is -4.49. The van der Waals surface area contributed by atoms with Crippen LogP contribution in [-0.2, 0) is 9.84 Å². The Morgan fingerprint density at radius 1 is 0.955 bits per heavy atom. The van der Waals surface area contributed by atoms with Crippen molar-refractivity contribution in [1.29, 1.82) is 0 Å². The van der Waals surface area contributed by atoms with Gasteiger partial charge in [0.2, 0.25) is 9.84 Å². The number of hydrogen-bond acceptors (Lipinski definition) is 3. The van der Waals surface area contributed by atoms with Crippen LogP contribution in [-0.4, -0.2) is 27.3 Å². The summed E-state index contributed by atoms with van der Waals surface area (Å²) < 4.78 is 47.9. The Morgan fingerprint density at radius 3 is 2.00 bits per heavy atom. The third-order valence-corrected chi connectivity index (χ3v) is 6.65. The molecule has 6 heteroatoms. The highest BCUT2D eigenvalue weighted by molar-refractivity contribution is 7.91. The predicted molar refractivity (Wildman–Crippen MR) is 82.0 cm³/mol. The van der Waals surface area contributed by atoms with Crippen molar-refractivity contribution in [1.82, 2.24) is 0 Å². The van der Waals surface area contributed by atoms with Gasteiger partial charge in [-0.05, 0) is 55.4 Å². The second-order valence-corrected chi connectivity index (χ2v) is 8.41. The maximum atomic E-state index is 12.5. The molecule has 22 heavy (non-hydrogen) atoms. The largest absolute Gasteiger partial charge is 0.371 e. The van der Waals surface area contributed by atoms with Crippen LogP contribution in [0, 0.1) is 5.41 Å². The predicted octanol–water partition coefficient (Wildman–Crippen LogP) is 3.84. The molecule has 2 fully saturated rings. The second kappa shape index (κ2) is 5.80. The van der Waals surface area contributed by atoms with Gasteiger partial charge in [-0.3, -0.25) is 0 Å². The zero-order valence-corrected chi connectivity index (χ0v) is 13.3. The molecule has 0 aromatic heterocycles. The van der Waals surface area contributed by atoms with Crippen molar-refractivity contribution < 1.29 is 17.2 Å². The topological polar surface area (TPSA) is 37.4 Å². The Balaban J connectivity index is 1.69. The summed E-state index contributed by atoms with van der Waals surface area (Å²) >= 11 is 0. The van der Waals surface area contributed by atoms with Gasteiger partial charge < -0.3 is 4.90 Å². The van der Waals surface area contributed by atoms with Crippen LogP contribution < -0.4 is 4.90 Å². The molecule has 1 aliphatic heterocycles. The number of sulfone groups is 1. The molecule has 0 bridgehead atoms. The highest BCUT2D eigenvalue weighted by Gasteiger charge is 2.37. The van der Waals surface area contributed by atoms with Gasteiger partial charge in [0.15, 0.2) is 0 Å². The number of halogens is 2. The van der Waals surface area contributed by atoms with E-state index in [1.54, 1.807) is 12.1 Å². The molecule has 3 rings (SSSR count). The van der Waals surface area contributed by atoms with Crippen molar-refractivity contribution in [3.05, 3.63) is 24.3 Å². The van der Waals surface area contributed by atoms with E-state index in [4.69, 9.17) is 0 Å². The number of hydrogen-bond donors (Lipinski definition) is 0. The summed E-state index contributed by atoms with van der Waals surface area (Å²) in [5.41, 5.74) is 1.44. The minimum absolute atomic E-state index is 0.310. The number of nitrogens with zero attached hydrogens (tertiary/aromatic N) is 1. The number of rotatable bonds is 3. The Bertz CT molecular complexity index is 612. The lowest BCUT2D eigenvalue weighted by Gasteiger charge is -2.40. The fraction of sp³-hybridized carbons (Fsp3) is 0.625. The number of benzene rings is 1. The van der Waals surface area contributed by atoms with Crippen LogP contribution in [0.2, 0.25) is 0 Å². The molecule has 1 aromatic carbocycles. The third-order valence-electron chi connectivity index (χ3n) is 5.25. The molecular weight excluding hydrogens is 308 g/mol. The van der Waals surface area contributed by atoms with Crippen molar-refractivity contribution in [2.75, 3.05) is 18.0 Å². The first-order chi connectivity index (χ1) is 10.4. The molecule has 122 valence electrons. The summed E-state index contributed by atoms with van der Waals surface area (Å²) in [5.74, 6) is -3.37.